The van der Waals surface area contributed by atoms with Crippen molar-refractivity contribution in [3.63, 3.8) is 0 Å². The maximum absolute atomic E-state index is 2.43. The Morgan fingerprint density at radius 2 is 1.62 bits per heavy atom. The minimum atomic E-state index is 0.740. The van der Waals surface area contributed by atoms with E-state index in [9.17, 15) is 0 Å². The van der Waals surface area contributed by atoms with E-state index in [1.54, 1.807) is 0 Å². The summed E-state index contributed by atoms with van der Waals surface area (Å²) >= 11 is 0. The Labute approximate surface area is 84.1 Å². The highest BCUT2D eigenvalue weighted by Gasteiger charge is 2.33. The Kier molecular flexibility index (Phi) is 3.82. The molecule has 0 aromatic heterocycles. The van der Waals surface area contributed by atoms with Gasteiger partial charge in [-0.15, -0.1) is 0 Å². The zero-order valence-corrected chi connectivity index (χ0v) is 9.90. The van der Waals surface area contributed by atoms with E-state index in [0.29, 0.717) is 0 Å². The van der Waals surface area contributed by atoms with Gasteiger partial charge in [-0.25, -0.2) is 0 Å². The van der Waals surface area contributed by atoms with Crippen LogP contribution in [0, 0.1) is 17.3 Å². The monoisotopic (exact) mass is 182 g/mol. The standard InChI is InChI=1S/C13H26/c1-5-13(8-6-7-9-13)10-12(4)11(2)3/h11-12H,5-10H2,1-4H3. The smallest absolute Gasteiger partial charge is 0.0297 e. The van der Waals surface area contributed by atoms with Gasteiger partial charge in [-0.3, -0.25) is 0 Å². The third-order valence-corrected chi connectivity index (χ3v) is 4.31. The van der Waals surface area contributed by atoms with Gasteiger partial charge in [-0.05, 0) is 36.5 Å². The largest absolute Gasteiger partial charge is 0.0649 e. The lowest BCUT2D eigenvalue weighted by Gasteiger charge is -2.32. The lowest BCUT2D eigenvalue weighted by molar-refractivity contribution is 0.191. The molecule has 78 valence electrons. The van der Waals surface area contributed by atoms with Crippen LogP contribution in [0.2, 0.25) is 0 Å². The lowest BCUT2D eigenvalue weighted by Crippen LogP contribution is -2.21. The van der Waals surface area contributed by atoms with Gasteiger partial charge in [0.25, 0.3) is 0 Å². The van der Waals surface area contributed by atoms with E-state index in [1.807, 2.05) is 0 Å². The van der Waals surface area contributed by atoms with Crippen LogP contribution in [-0.2, 0) is 0 Å². The third kappa shape index (κ3) is 2.72. The molecule has 0 nitrogen and oxygen atoms in total. The highest BCUT2D eigenvalue weighted by atomic mass is 14.4. The van der Waals surface area contributed by atoms with E-state index in [1.165, 1.54) is 38.5 Å². The van der Waals surface area contributed by atoms with E-state index < -0.39 is 0 Å². The molecule has 13 heavy (non-hydrogen) atoms. The Balaban J connectivity index is 2.48. The Morgan fingerprint density at radius 1 is 1.08 bits per heavy atom. The van der Waals surface area contributed by atoms with Crippen molar-refractivity contribution in [1.82, 2.24) is 0 Å². The molecule has 1 aliphatic carbocycles. The van der Waals surface area contributed by atoms with Gasteiger partial charge in [-0.1, -0.05) is 47.0 Å². The molecule has 0 aromatic rings. The molecule has 0 N–H and O–H groups in total. The van der Waals surface area contributed by atoms with Crippen molar-refractivity contribution < 1.29 is 0 Å². The topological polar surface area (TPSA) is 0 Å². The molecule has 0 aromatic carbocycles. The van der Waals surface area contributed by atoms with E-state index in [0.717, 1.165) is 17.3 Å². The quantitative estimate of drug-likeness (QED) is 0.594. The van der Waals surface area contributed by atoms with Crippen LogP contribution in [0.1, 0.15) is 66.2 Å². The molecule has 1 fully saturated rings. The van der Waals surface area contributed by atoms with E-state index in [4.69, 9.17) is 0 Å². The average molecular weight is 182 g/mol. The summed E-state index contributed by atoms with van der Waals surface area (Å²) in [5.41, 5.74) is 0.740. The van der Waals surface area contributed by atoms with Crippen molar-refractivity contribution in [2.45, 2.75) is 66.2 Å². The molecule has 0 aliphatic heterocycles. The van der Waals surface area contributed by atoms with Crippen LogP contribution in [0.15, 0.2) is 0 Å². The molecule has 1 rings (SSSR count). The van der Waals surface area contributed by atoms with Crippen molar-refractivity contribution in [2.75, 3.05) is 0 Å². The molecule has 0 amide bonds. The van der Waals surface area contributed by atoms with Crippen molar-refractivity contribution in [2.24, 2.45) is 17.3 Å². The summed E-state index contributed by atoms with van der Waals surface area (Å²) in [6, 6.07) is 0. The minimum absolute atomic E-state index is 0.740. The number of hydrogen-bond donors (Lipinski definition) is 0. The first-order valence-corrected chi connectivity index (χ1v) is 6.09. The van der Waals surface area contributed by atoms with Crippen LogP contribution < -0.4 is 0 Å². The van der Waals surface area contributed by atoms with Crippen molar-refractivity contribution in [3.05, 3.63) is 0 Å². The Bertz CT molecular complexity index is 140. The van der Waals surface area contributed by atoms with Crippen LogP contribution in [-0.4, -0.2) is 0 Å². The first-order valence-electron chi connectivity index (χ1n) is 6.09. The number of hydrogen-bond acceptors (Lipinski definition) is 0. The summed E-state index contributed by atoms with van der Waals surface area (Å²) in [5.74, 6) is 1.78. The van der Waals surface area contributed by atoms with Crippen LogP contribution in [0.3, 0.4) is 0 Å². The van der Waals surface area contributed by atoms with Gasteiger partial charge in [-0.2, -0.15) is 0 Å². The molecule has 0 heteroatoms. The fourth-order valence-electron chi connectivity index (χ4n) is 2.75. The van der Waals surface area contributed by atoms with Crippen molar-refractivity contribution >= 4 is 0 Å². The van der Waals surface area contributed by atoms with Crippen LogP contribution >= 0.6 is 0 Å². The summed E-state index contributed by atoms with van der Waals surface area (Å²) in [7, 11) is 0. The highest BCUT2D eigenvalue weighted by molar-refractivity contribution is 4.85. The fraction of sp³-hybridized carbons (Fsp3) is 1.00. The fourth-order valence-corrected chi connectivity index (χ4v) is 2.75. The predicted octanol–water partition coefficient (Wildman–Crippen LogP) is 4.64. The molecule has 1 atom stereocenters. The molecule has 0 spiro atoms. The minimum Gasteiger partial charge on any atom is -0.0649 e. The zero-order valence-electron chi connectivity index (χ0n) is 9.90. The first kappa shape index (κ1) is 11.1. The molecule has 0 heterocycles. The SMILES string of the molecule is CCC1(CC(C)C(C)C)CCCC1. The van der Waals surface area contributed by atoms with Crippen LogP contribution in [0.4, 0.5) is 0 Å². The predicted molar refractivity (Wildman–Crippen MR) is 59.8 cm³/mol. The number of rotatable bonds is 4. The normalized spacial score (nSPS) is 23.8. The van der Waals surface area contributed by atoms with Crippen molar-refractivity contribution in [3.8, 4) is 0 Å². The second kappa shape index (κ2) is 4.48. The summed E-state index contributed by atoms with van der Waals surface area (Å²) in [4.78, 5) is 0. The second-order valence-electron chi connectivity index (χ2n) is 5.49. The molecular formula is C13H26. The molecule has 1 aliphatic rings. The second-order valence-corrected chi connectivity index (χ2v) is 5.49. The van der Waals surface area contributed by atoms with Crippen molar-refractivity contribution in [1.29, 1.82) is 0 Å². The third-order valence-electron chi connectivity index (χ3n) is 4.31. The summed E-state index contributed by atoms with van der Waals surface area (Å²) in [6.45, 7) is 9.55. The molecule has 0 bridgehead atoms. The van der Waals surface area contributed by atoms with Gasteiger partial charge < -0.3 is 0 Å². The molecule has 0 radical (unpaired) electrons. The Hall–Kier alpha value is 0. The molecule has 1 saturated carbocycles. The van der Waals surface area contributed by atoms with Gasteiger partial charge in [0.15, 0.2) is 0 Å². The average Bonchev–Trinajstić information content (AvgIpc) is 2.54. The highest BCUT2D eigenvalue weighted by Crippen LogP contribution is 2.46. The van der Waals surface area contributed by atoms with E-state index in [-0.39, 0.29) is 0 Å². The van der Waals surface area contributed by atoms with E-state index >= 15 is 0 Å². The van der Waals surface area contributed by atoms with Gasteiger partial charge in [0.05, 0.1) is 0 Å². The summed E-state index contributed by atoms with van der Waals surface area (Å²) in [6.07, 6.45) is 8.85. The van der Waals surface area contributed by atoms with Crippen LogP contribution in [0.25, 0.3) is 0 Å². The van der Waals surface area contributed by atoms with Crippen LogP contribution in [0.5, 0.6) is 0 Å². The van der Waals surface area contributed by atoms with Gasteiger partial charge in [0.2, 0.25) is 0 Å². The summed E-state index contributed by atoms with van der Waals surface area (Å²) < 4.78 is 0. The molecule has 1 unspecified atom stereocenters. The summed E-state index contributed by atoms with van der Waals surface area (Å²) in [5, 5.41) is 0. The molecular weight excluding hydrogens is 156 g/mol. The van der Waals surface area contributed by atoms with Gasteiger partial charge in [0.1, 0.15) is 0 Å². The van der Waals surface area contributed by atoms with Gasteiger partial charge >= 0.3 is 0 Å². The zero-order chi connectivity index (χ0) is 9.90. The maximum Gasteiger partial charge on any atom is -0.0297 e. The Morgan fingerprint density at radius 3 is 2.00 bits per heavy atom. The molecule has 0 saturated heterocycles. The van der Waals surface area contributed by atoms with E-state index in [2.05, 4.69) is 27.7 Å². The lowest BCUT2D eigenvalue weighted by atomic mass is 9.73. The maximum atomic E-state index is 2.43. The first-order chi connectivity index (χ1) is 6.09. The van der Waals surface area contributed by atoms with Gasteiger partial charge in [0, 0.05) is 0 Å².